The van der Waals surface area contributed by atoms with Crippen molar-refractivity contribution in [2.45, 2.75) is 39.3 Å². The lowest BCUT2D eigenvalue weighted by atomic mass is 10.1. The molecule has 3 aromatic rings. The first-order chi connectivity index (χ1) is 16.6. The monoisotopic (exact) mass is 459 g/mol. The molecule has 0 saturated carbocycles. The third-order valence-electron chi connectivity index (χ3n) is 6.06. The van der Waals surface area contributed by atoms with Crippen LogP contribution in [-0.2, 0) is 13.2 Å². The van der Waals surface area contributed by atoms with Gasteiger partial charge in [0.05, 0.1) is 6.61 Å². The molecular weight excluding hydrogens is 426 g/mol. The molecule has 1 aromatic heterocycles. The number of hydrogen-bond acceptors (Lipinski definition) is 5. The van der Waals surface area contributed by atoms with E-state index in [9.17, 15) is 4.79 Å². The minimum atomic E-state index is -0.0539. The number of benzene rings is 2. The van der Waals surface area contributed by atoms with Crippen LogP contribution in [0.25, 0.3) is 0 Å². The van der Waals surface area contributed by atoms with Crippen molar-refractivity contribution in [1.29, 1.82) is 0 Å². The second kappa shape index (κ2) is 11.5. The first-order valence-electron chi connectivity index (χ1n) is 12.0. The fourth-order valence-corrected chi connectivity index (χ4v) is 4.20. The van der Waals surface area contributed by atoms with E-state index >= 15 is 0 Å². The smallest absolute Gasteiger partial charge is 0.254 e. The summed E-state index contributed by atoms with van der Waals surface area (Å²) in [7, 11) is 1.83. The Bertz CT molecular complexity index is 1060. The number of anilines is 1. The van der Waals surface area contributed by atoms with E-state index < -0.39 is 0 Å². The SMILES string of the molecule is CCOc1cc(C(=O)N(C)Cc2ccc(N3CCCCC3)cc2)ccc1OCc1ccncc1. The molecule has 0 aliphatic carbocycles. The van der Waals surface area contributed by atoms with Gasteiger partial charge in [-0.05, 0) is 79.8 Å². The second-order valence-corrected chi connectivity index (χ2v) is 8.61. The van der Waals surface area contributed by atoms with Gasteiger partial charge in [0.1, 0.15) is 6.61 Å². The summed E-state index contributed by atoms with van der Waals surface area (Å²) in [5, 5.41) is 0. The van der Waals surface area contributed by atoms with Crippen molar-refractivity contribution in [3.05, 3.63) is 83.7 Å². The zero-order chi connectivity index (χ0) is 23.8. The summed E-state index contributed by atoms with van der Waals surface area (Å²) in [5.74, 6) is 1.13. The lowest BCUT2D eigenvalue weighted by Crippen LogP contribution is -2.29. The lowest BCUT2D eigenvalue weighted by Gasteiger charge is -2.29. The molecule has 1 fully saturated rings. The number of nitrogens with zero attached hydrogens (tertiary/aromatic N) is 3. The van der Waals surface area contributed by atoms with Gasteiger partial charge in [0.2, 0.25) is 0 Å². The quantitative estimate of drug-likeness (QED) is 0.433. The molecule has 0 unspecified atom stereocenters. The van der Waals surface area contributed by atoms with Gasteiger partial charge < -0.3 is 19.3 Å². The molecule has 2 heterocycles. The number of piperidine rings is 1. The summed E-state index contributed by atoms with van der Waals surface area (Å²) in [5.41, 5.74) is 3.97. The summed E-state index contributed by atoms with van der Waals surface area (Å²) in [6.45, 7) is 5.61. The van der Waals surface area contributed by atoms with Crippen LogP contribution < -0.4 is 14.4 Å². The number of hydrogen-bond donors (Lipinski definition) is 0. The molecule has 0 spiro atoms. The molecule has 6 heteroatoms. The van der Waals surface area contributed by atoms with Crippen molar-refractivity contribution in [3.63, 3.8) is 0 Å². The molecule has 0 N–H and O–H groups in total. The van der Waals surface area contributed by atoms with E-state index in [1.54, 1.807) is 35.5 Å². The van der Waals surface area contributed by atoms with Crippen molar-refractivity contribution in [2.24, 2.45) is 0 Å². The van der Waals surface area contributed by atoms with E-state index in [2.05, 4.69) is 34.1 Å². The van der Waals surface area contributed by atoms with Gasteiger partial charge in [0, 0.05) is 50.3 Å². The molecule has 1 saturated heterocycles. The van der Waals surface area contributed by atoms with E-state index in [0.717, 1.165) is 24.2 Å². The standard InChI is InChI=1S/C28H33N3O3/c1-3-33-27-19-24(9-12-26(27)34-21-23-13-15-29-16-14-23)28(32)30(2)20-22-7-10-25(11-8-22)31-17-5-4-6-18-31/h7-16,19H,3-6,17-18,20-21H2,1-2H3. The lowest BCUT2D eigenvalue weighted by molar-refractivity contribution is 0.0784. The van der Waals surface area contributed by atoms with Crippen molar-refractivity contribution in [3.8, 4) is 11.5 Å². The van der Waals surface area contributed by atoms with E-state index in [1.165, 1.54) is 24.9 Å². The Labute approximate surface area is 202 Å². The zero-order valence-corrected chi connectivity index (χ0v) is 20.1. The fourth-order valence-electron chi connectivity index (χ4n) is 4.20. The van der Waals surface area contributed by atoms with Crippen LogP contribution in [0.2, 0.25) is 0 Å². The van der Waals surface area contributed by atoms with E-state index in [-0.39, 0.29) is 5.91 Å². The highest BCUT2D eigenvalue weighted by molar-refractivity contribution is 5.94. The number of rotatable bonds is 9. The summed E-state index contributed by atoms with van der Waals surface area (Å²) in [6.07, 6.45) is 7.32. The Morgan fingerprint density at radius 3 is 2.35 bits per heavy atom. The van der Waals surface area contributed by atoms with Gasteiger partial charge in [-0.1, -0.05) is 12.1 Å². The molecule has 0 atom stereocenters. The van der Waals surface area contributed by atoms with Crippen molar-refractivity contribution >= 4 is 11.6 Å². The summed E-state index contributed by atoms with van der Waals surface area (Å²) < 4.78 is 11.7. The number of carbonyl (C=O) groups excluding carboxylic acids is 1. The van der Waals surface area contributed by atoms with Crippen molar-refractivity contribution in [2.75, 3.05) is 31.6 Å². The molecule has 1 amide bonds. The molecule has 2 aromatic carbocycles. The molecule has 4 rings (SSSR count). The number of pyridine rings is 1. The maximum absolute atomic E-state index is 13.1. The normalized spacial score (nSPS) is 13.4. The highest BCUT2D eigenvalue weighted by Gasteiger charge is 2.16. The third-order valence-corrected chi connectivity index (χ3v) is 6.06. The van der Waals surface area contributed by atoms with Gasteiger partial charge in [0.25, 0.3) is 5.91 Å². The number of aromatic nitrogens is 1. The average Bonchev–Trinajstić information content (AvgIpc) is 2.89. The molecule has 6 nitrogen and oxygen atoms in total. The number of ether oxygens (including phenoxy) is 2. The molecule has 0 radical (unpaired) electrons. The fraction of sp³-hybridized carbons (Fsp3) is 0.357. The van der Waals surface area contributed by atoms with Gasteiger partial charge in [-0.3, -0.25) is 9.78 Å². The predicted octanol–water partition coefficient (Wildman–Crippen LogP) is 5.32. The van der Waals surface area contributed by atoms with E-state index in [1.807, 2.05) is 26.1 Å². The van der Waals surface area contributed by atoms with Crippen LogP contribution in [0.4, 0.5) is 5.69 Å². The number of carbonyl (C=O) groups is 1. The zero-order valence-electron chi connectivity index (χ0n) is 20.1. The van der Waals surface area contributed by atoms with Gasteiger partial charge in [-0.15, -0.1) is 0 Å². The Morgan fingerprint density at radius 2 is 1.65 bits per heavy atom. The Kier molecular flexibility index (Phi) is 8.02. The highest BCUT2D eigenvalue weighted by Crippen LogP contribution is 2.30. The van der Waals surface area contributed by atoms with Crippen LogP contribution in [0.5, 0.6) is 11.5 Å². The minimum Gasteiger partial charge on any atom is -0.490 e. The topological polar surface area (TPSA) is 54.9 Å². The van der Waals surface area contributed by atoms with Crippen LogP contribution in [0.15, 0.2) is 67.0 Å². The second-order valence-electron chi connectivity index (χ2n) is 8.61. The van der Waals surface area contributed by atoms with Crippen LogP contribution in [0.1, 0.15) is 47.7 Å². The third kappa shape index (κ3) is 6.07. The van der Waals surface area contributed by atoms with Gasteiger partial charge in [-0.25, -0.2) is 0 Å². The molecule has 0 bridgehead atoms. The van der Waals surface area contributed by atoms with Crippen LogP contribution in [-0.4, -0.2) is 42.5 Å². The molecule has 178 valence electrons. The first kappa shape index (κ1) is 23.6. The van der Waals surface area contributed by atoms with Gasteiger partial charge in [-0.2, -0.15) is 0 Å². The van der Waals surface area contributed by atoms with Gasteiger partial charge >= 0.3 is 0 Å². The summed E-state index contributed by atoms with van der Waals surface area (Å²) >= 11 is 0. The Balaban J connectivity index is 1.40. The molecular formula is C28H33N3O3. The number of amides is 1. The molecule has 1 aliphatic heterocycles. The first-order valence-corrected chi connectivity index (χ1v) is 12.0. The average molecular weight is 460 g/mol. The highest BCUT2D eigenvalue weighted by atomic mass is 16.5. The largest absolute Gasteiger partial charge is 0.490 e. The van der Waals surface area contributed by atoms with E-state index in [4.69, 9.17) is 9.47 Å². The van der Waals surface area contributed by atoms with Crippen LogP contribution in [0, 0.1) is 0 Å². The van der Waals surface area contributed by atoms with Crippen LogP contribution >= 0.6 is 0 Å². The van der Waals surface area contributed by atoms with Crippen LogP contribution in [0.3, 0.4) is 0 Å². The van der Waals surface area contributed by atoms with Crippen molar-refractivity contribution in [1.82, 2.24) is 9.88 Å². The van der Waals surface area contributed by atoms with Gasteiger partial charge in [0.15, 0.2) is 11.5 Å². The maximum Gasteiger partial charge on any atom is 0.254 e. The molecule has 34 heavy (non-hydrogen) atoms. The van der Waals surface area contributed by atoms with Crippen molar-refractivity contribution < 1.29 is 14.3 Å². The Hall–Kier alpha value is -3.54. The van der Waals surface area contributed by atoms with E-state index in [0.29, 0.717) is 36.8 Å². The minimum absolute atomic E-state index is 0.0539. The molecule has 1 aliphatic rings. The maximum atomic E-state index is 13.1. The summed E-state index contributed by atoms with van der Waals surface area (Å²) in [6, 6.07) is 17.8. The Morgan fingerprint density at radius 1 is 0.912 bits per heavy atom. The summed E-state index contributed by atoms with van der Waals surface area (Å²) in [4.78, 5) is 21.3. The predicted molar refractivity (Wildman–Crippen MR) is 134 cm³/mol.